The number of fused-ring (bicyclic) bond motifs is 1. The second-order valence-electron chi connectivity index (χ2n) is 7.51. The van der Waals surface area contributed by atoms with Crippen LogP contribution in [0.3, 0.4) is 0 Å². The highest BCUT2D eigenvalue weighted by Gasteiger charge is 2.36. The fraction of sp³-hybridized carbons (Fsp3) is 0.684. The van der Waals surface area contributed by atoms with E-state index < -0.39 is 0 Å². The molecule has 3 aliphatic rings. The molecule has 4 rings (SSSR count). The van der Waals surface area contributed by atoms with Gasteiger partial charge in [-0.15, -0.1) is 0 Å². The van der Waals surface area contributed by atoms with E-state index in [0.29, 0.717) is 0 Å². The first kappa shape index (κ1) is 13.6. The van der Waals surface area contributed by atoms with Crippen LogP contribution in [0.1, 0.15) is 56.1 Å². The summed E-state index contributed by atoms with van der Waals surface area (Å²) in [5, 5.41) is 3.51. The van der Waals surface area contributed by atoms with E-state index in [0.717, 1.165) is 18.5 Å². The van der Waals surface area contributed by atoms with Gasteiger partial charge >= 0.3 is 0 Å². The number of hydrogen-bond acceptors (Lipinski definition) is 2. The van der Waals surface area contributed by atoms with Crippen LogP contribution in [0.25, 0.3) is 0 Å². The fourth-order valence-electron chi connectivity index (χ4n) is 4.70. The molecule has 2 heteroatoms. The van der Waals surface area contributed by atoms with Crippen molar-refractivity contribution < 1.29 is 0 Å². The summed E-state index contributed by atoms with van der Waals surface area (Å²) in [7, 11) is 0. The van der Waals surface area contributed by atoms with E-state index in [1.165, 1.54) is 81.3 Å². The molecule has 2 fully saturated rings. The zero-order chi connectivity index (χ0) is 14.1. The summed E-state index contributed by atoms with van der Waals surface area (Å²) in [5.74, 6) is 0. The van der Waals surface area contributed by atoms with Gasteiger partial charge in [-0.2, -0.15) is 0 Å². The average molecular weight is 284 g/mol. The molecule has 1 aromatic carbocycles. The fourth-order valence-corrected chi connectivity index (χ4v) is 4.70. The lowest BCUT2D eigenvalue weighted by Gasteiger charge is -2.39. The normalized spacial score (nSPS) is 24.8. The highest BCUT2D eigenvalue weighted by molar-refractivity contribution is 5.54. The minimum absolute atomic E-state index is 0.746. The van der Waals surface area contributed by atoms with Gasteiger partial charge in [-0.05, 0) is 74.2 Å². The van der Waals surface area contributed by atoms with E-state index in [2.05, 4.69) is 28.4 Å². The molecular formula is C19H28N2. The largest absolute Gasteiger partial charge is 0.385 e. The van der Waals surface area contributed by atoms with Crippen LogP contribution in [-0.2, 0) is 13.0 Å². The predicted molar refractivity (Wildman–Crippen MR) is 88.7 cm³/mol. The second kappa shape index (κ2) is 5.64. The van der Waals surface area contributed by atoms with E-state index in [9.17, 15) is 0 Å². The Morgan fingerprint density at radius 2 is 1.81 bits per heavy atom. The van der Waals surface area contributed by atoms with Crippen molar-refractivity contribution in [1.82, 2.24) is 4.90 Å². The highest BCUT2D eigenvalue weighted by atomic mass is 15.1. The van der Waals surface area contributed by atoms with Crippen LogP contribution in [0, 0.1) is 5.41 Å². The van der Waals surface area contributed by atoms with E-state index in [-0.39, 0.29) is 0 Å². The summed E-state index contributed by atoms with van der Waals surface area (Å²) < 4.78 is 0. The second-order valence-corrected chi connectivity index (χ2v) is 7.51. The van der Waals surface area contributed by atoms with Crippen molar-refractivity contribution in [2.24, 2.45) is 5.41 Å². The minimum atomic E-state index is 0.746. The number of likely N-dealkylation sites (tertiary alicyclic amines) is 1. The molecule has 21 heavy (non-hydrogen) atoms. The number of hydrogen-bond donors (Lipinski definition) is 1. The summed E-state index contributed by atoms with van der Waals surface area (Å²) in [6.45, 7) is 4.93. The molecule has 0 bridgehead atoms. The summed E-state index contributed by atoms with van der Waals surface area (Å²) in [5.41, 5.74) is 5.16. The van der Waals surface area contributed by atoms with Crippen molar-refractivity contribution in [2.45, 2.75) is 57.9 Å². The molecule has 0 aromatic heterocycles. The van der Waals surface area contributed by atoms with Crippen molar-refractivity contribution >= 4 is 5.69 Å². The van der Waals surface area contributed by atoms with Crippen LogP contribution in [0.2, 0.25) is 0 Å². The molecule has 1 spiro atoms. The lowest BCUT2D eigenvalue weighted by Crippen LogP contribution is -2.38. The van der Waals surface area contributed by atoms with Gasteiger partial charge in [0, 0.05) is 18.8 Å². The van der Waals surface area contributed by atoms with Crippen molar-refractivity contribution in [2.75, 3.05) is 25.0 Å². The lowest BCUT2D eigenvalue weighted by atomic mass is 9.77. The number of piperidine rings is 1. The van der Waals surface area contributed by atoms with Gasteiger partial charge < -0.3 is 5.32 Å². The SMILES string of the molecule is c1cc2c(cc1CN1CCC3(CCCC3)CC1)CCCN2. The van der Waals surface area contributed by atoms with Gasteiger partial charge in [0.15, 0.2) is 0 Å². The van der Waals surface area contributed by atoms with Crippen molar-refractivity contribution in [3.05, 3.63) is 29.3 Å². The summed E-state index contributed by atoms with van der Waals surface area (Å²) in [6, 6.07) is 7.07. The van der Waals surface area contributed by atoms with Crippen LogP contribution >= 0.6 is 0 Å². The topological polar surface area (TPSA) is 15.3 Å². The third kappa shape index (κ3) is 2.83. The minimum Gasteiger partial charge on any atom is -0.385 e. The molecule has 1 aliphatic carbocycles. The van der Waals surface area contributed by atoms with Gasteiger partial charge in [-0.25, -0.2) is 0 Å². The Bertz CT molecular complexity index is 492. The molecule has 0 atom stereocenters. The average Bonchev–Trinajstić information content (AvgIpc) is 2.98. The van der Waals surface area contributed by atoms with Crippen molar-refractivity contribution in [3.63, 3.8) is 0 Å². The highest BCUT2D eigenvalue weighted by Crippen LogP contribution is 2.46. The van der Waals surface area contributed by atoms with Crippen LogP contribution < -0.4 is 5.32 Å². The zero-order valence-electron chi connectivity index (χ0n) is 13.2. The molecule has 2 aliphatic heterocycles. The zero-order valence-corrected chi connectivity index (χ0v) is 13.2. The van der Waals surface area contributed by atoms with E-state index in [4.69, 9.17) is 0 Å². The molecule has 1 saturated heterocycles. The van der Waals surface area contributed by atoms with Crippen LogP contribution in [0.5, 0.6) is 0 Å². The predicted octanol–water partition coefficient (Wildman–Crippen LogP) is 4.20. The lowest BCUT2D eigenvalue weighted by molar-refractivity contribution is 0.103. The number of benzene rings is 1. The first-order chi connectivity index (χ1) is 10.3. The molecule has 1 saturated carbocycles. The third-order valence-corrected chi connectivity index (χ3v) is 6.10. The van der Waals surface area contributed by atoms with Crippen LogP contribution in [0.4, 0.5) is 5.69 Å². The molecule has 2 nitrogen and oxygen atoms in total. The van der Waals surface area contributed by atoms with Gasteiger partial charge in [-0.3, -0.25) is 4.90 Å². The monoisotopic (exact) mass is 284 g/mol. The summed E-state index contributed by atoms with van der Waals surface area (Å²) in [4.78, 5) is 2.68. The molecule has 0 unspecified atom stereocenters. The number of nitrogens with one attached hydrogen (secondary N) is 1. The van der Waals surface area contributed by atoms with Gasteiger partial charge in [0.25, 0.3) is 0 Å². The smallest absolute Gasteiger partial charge is 0.0372 e. The van der Waals surface area contributed by atoms with Crippen molar-refractivity contribution in [3.8, 4) is 0 Å². The Kier molecular flexibility index (Phi) is 3.66. The van der Waals surface area contributed by atoms with Gasteiger partial charge in [0.1, 0.15) is 0 Å². The molecule has 2 heterocycles. The van der Waals surface area contributed by atoms with Gasteiger partial charge in [0.05, 0.1) is 0 Å². The molecule has 1 aromatic rings. The third-order valence-electron chi connectivity index (χ3n) is 6.10. The molecule has 114 valence electrons. The maximum Gasteiger partial charge on any atom is 0.0372 e. The summed E-state index contributed by atoms with van der Waals surface area (Å²) in [6.07, 6.45) is 11.4. The van der Waals surface area contributed by atoms with Crippen LogP contribution in [0.15, 0.2) is 18.2 Å². The Labute approximate surface area is 128 Å². The first-order valence-corrected chi connectivity index (χ1v) is 8.91. The molecule has 0 radical (unpaired) electrons. The van der Waals surface area contributed by atoms with E-state index in [1.807, 2.05) is 0 Å². The summed E-state index contributed by atoms with van der Waals surface area (Å²) >= 11 is 0. The number of nitrogens with zero attached hydrogens (tertiary/aromatic N) is 1. The van der Waals surface area contributed by atoms with Crippen LogP contribution in [-0.4, -0.2) is 24.5 Å². The van der Waals surface area contributed by atoms with Crippen molar-refractivity contribution in [1.29, 1.82) is 0 Å². The number of rotatable bonds is 2. The maximum atomic E-state index is 3.51. The quantitative estimate of drug-likeness (QED) is 0.875. The first-order valence-electron chi connectivity index (χ1n) is 8.91. The Morgan fingerprint density at radius 1 is 1.00 bits per heavy atom. The maximum absolute atomic E-state index is 3.51. The van der Waals surface area contributed by atoms with E-state index >= 15 is 0 Å². The molecule has 0 amide bonds. The molecular weight excluding hydrogens is 256 g/mol. The molecule has 1 N–H and O–H groups in total. The Balaban J connectivity index is 1.38. The standard InChI is InChI=1S/C19H28N2/c1-2-8-19(7-1)9-12-21(13-10-19)15-16-5-6-18-17(14-16)4-3-11-20-18/h5-6,14,20H,1-4,7-13,15H2. The van der Waals surface area contributed by atoms with Gasteiger partial charge in [0.2, 0.25) is 0 Å². The van der Waals surface area contributed by atoms with Gasteiger partial charge in [-0.1, -0.05) is 25.0 Å². The number of aryl methyl sites for hydroxylation is 1. The Morgan fingerprint density at radius 3 is 2.62 bits per heavy atom. The Hall–Kier alpha value is -1.02. The number of anilines is 1. The van der Waals surface area contributed by atoms with E-state index in [1.54, 1.807) is 0 Å².